The van der Waals surface area contributed by atoms with Gasteiger partial charge in [0.2, 0.25) is 0 Å². The number of rotatable bonds is 2. The van der Waals surface area contributed by atoms with Gasteiger partial charge in [-0.3, -0.25) is 0 Å². The van der Waals surface area contributed by atoms with E-state index in [-0.39, 0.29) is 5.75 Å². The van der Waals surface area contributed by atoms with Gasteiger partial charge in [-0.25, -0.2) is 0 Å². The molecule has 0 aliphatic rings. The van der Waals surface area contributed by atoms with E-state index in [2.05, 4.69) is 0 Å². The normalized spacial score (nSPS) is 10.8. The average molecular weight is 211 g/mol. The van der Waals surface area contributed by atoms with E-state index >= 15 is 0 Å². The molecule has 0 radical (unpaired) electrons. The molecule has 2 rings (SSSR count). The minimum atomic E-state index is 0.274. The van der Waals surface area contributed by atoms with Gasteiger partial charge in [-0.1, -0.05) is 42.5 Å². The predicted octanol–water partition coefficient (Wildman–Crippen LogP) is 3.14. The second-order valence-electron chi connectivity index (χ2n) is 3.55. The standard InChI is InChI=1S/C14H13NO/c15-14-4-2-1-3-12(14)8-5-11-6-9-13(16)10-7-11/h1-10,16H,15H2/b8-5+. The first-order chi connectivity index (χ1) is 7.75. The van der Waals surface area contributed by atoms with E-state index in [1.165, 1.54) is 0 Å². The Morgan fingerprint density at radius 1 is 0.875 bits per heavy atom. The Morgan fingerprint density at radius 3 is 2.25 bits per heavy atom. The van der Waals surface area contributed by atoms with Crippen LogP contribution >= 0.6 is 0 Å². The lowest BCUT2D eigenvalue weighted by Crippen LogP contribution is -1.87. The van der Waals surface area contributed by atoms with Gasteiger partial charge in [0, 0.05) is 5.69 Å². The van der Waals surface area contributed by atoms with Crippen LogP contribution in [-0.2, 0) is 0 Å². The molecule has 2 aromatic rings. The zero-order valence-electron chi connectivity index (χ0n) is 8.80. The third-order valence-corrected chi connectivity index (χ3v) is 2.34. The lowest BCUT2D eigenvalue weighted by Gasteiger charge is -1.98. The van der Waals surface area contributed by atoms with Crippen LogP contribution in [0.3, 0.4) is 0 Å². The predicted molar refractivity (Wildman–Crippen MR) is 67.9 cm³/mol. The maximum Gasteiger partial charge on any atom is 0.115 e. The minimum Gasteiger partial charge on any atom is -0.508 e. The molecule has 0 saturated heterocycles. The number of hydrogen-bond acceptors (Lipinski definition) is 2. The summed E-state index contributed by atoms with van der Waals surface area (Å²) < 4.78 is 0. The molecular weight excluding hydrogens is 198 g/mol. The van der Waals surface area contributed by atoms with Gasteiger partial charge in [0.05, 0.1) is 0 Å². The smallest absolute Gasteiger partial charge is 0.115 e. The maximum atomic E-state index is 9.14. The van der Waals surface area contributed by atoms with Crippen LogP contribution in [0.5, 0.6) is 5.75 Å². The zero-order chi connectivity index (χ0) is 11.4. The van der Waals surface area contributed by atoms with Gasteiger partial charge in [0.15, 0.2) is 0 Å². The number of nitrogen functional groups attached to an aromatic ring is 1. The van der Waals surface area contributed by atoms with Crippen LogP contribution in [0.25, 0.3) is 12.2 Å². The Bertz CT molecular complexity index is 500. The molecule has 3 N–H and O–H groups in total. The first-order valence-corrected chi connectivity index (χ1v) is 5.07. The summed E-state index contributed by atoms with van der Waals surface area (Å²) in [7, 11) is 0. The second kappa shape index (κ2) is 4.53. The third-order valence-electron chi connectivity index (χ3n) is 2.34. The molecular formula is C14H13NO. The first-order valence-electron chi connectivity index (χ1n) is 5.07. The summed E-state index contributed by atoms with van der Waals surface area (Å²) in [6, 6.07) is 14.7. The van der Waals surface area contributed by atoms with Crippen molar-refractivity contribution in [3.05, 3.63) is 59.7 Å². The van der Waals surface area contributed by atoms with Crippen LogP contribution in [0.4, 0.5) is 5.69 Å². The summed E-state index contributed by atoms with van der Waals surface area (Å²) in [5, 5.41) is 9.14. The number of anilines is 1. The summed E-state index contributed by atoms with van der Waals surface area (Å²) in [6.45, 7) is 0. The van der Waals surface area contributed by atoms with Crippen molar-refractivity contribution in [1.29, 1.82) is 0 Å². The van der Waals surface area contributed by atoms with Crippen molar-refractivity contribution in [2.75, 3.05) is 5.73 Å². The Labute approximate surface area is 94.7 Å². The molecule has 0 atom stereocenters. The molecule has 0 saturated carbocycles. The van der Waals surface area contributed by atoms with Crippen LogP contribution in [0.1, 0.15) is 11.1 Å². The topological polar surface area (TPSA) is 46.2 Å². The molecule has 2 nitrogen and oxygen atoms in total. The van der Waals surface area contributed by atoms with Gasteiger partial charge in [0.25, 0.3) is 0 Å². The minimum absolute atomic E-state index is 0.274. The van der Waals surface area contributed by atoms with E-state index in [0.717, 1.165) is 16.8 Å². The van der Waals surface area contributed by atoms with Gasteiger partial charge in [-0.05, 0) is 29.3 Å². The third kappa shape index (κ3) is 2.42. The Kier molecular flexibility index (Phi) is 2.92. The molecule has 2 aromatic carbocycles. The molecule has 2 heteroatoms. The van der Waals surface area contributed by atoms with Crippen molar-refractivity contribution in [2.45, 2.75) is 0 Å². The number of para-hydroxylation sites is 1. The molecule has 0 spiro atoms. The highest BCUT2D eigenvalue weighted by Crippen LogP contribution is 2.16. The quantitative estimate of drug-likeness (QED) is 0.592. The van der Waals surface area contributed by atoms with Crippen LogP contribution in [0, 0.1) is 0 Å². The van der Waals surface area contributed by atoms with E-state index in [0.29, 0.717) is 0 Å². The summed E-state index contributed by atoms with van der Waals surface area (Å²) in [5.41, 5.74) is 8.60. The number of benzene rings is 2. The maximum absolute atomic E-state index is 9.14. The van der Waals surface area contributed by atoms with Crippen LogP contribution in [0.15, 0.2) is 48.5 Å². The van der Waals surface area contributed by atoms with Crippen molar-refractivity contribution < 1.29 is 5.11 Å². The molecule has 0 bridgehead atoms. The van der Waals surface area contributed by atoms with Gasteiger partial charge in [0.1, 0.15) is 5.75 Å². The summed E-state index contributed by atoms with van der Waals surface area (Å²) in [6.07, 6.45) is 3.92. The monoisotopic (exact) mass is 211 g/mol. The van der Waals surface area contributed by atoms with Crippen molar-refractivity contribution in [1.82, 2.24) is 0 Å². The van der Waals surface area contributed by atoms with E-state index in [1.807, 2.05) is 48.6 Å². The number of nitrogens with two attached hydrogens (primary N) is 1. The highest BCUT2D eigenvalue weighted by molar-refractivity contribution is 5.75. The van der Waals surface area contributed by atoms with Crippen LogP contribution < -0.4 is 5.73 Å². The van der Waals surface area contributed by atoms with E-state index < -0.39 is 0 Å². The van der Waals surface area contributed by atoms with Crippen molar-refractivity contribution >= 4 is 17.8 Å². The Morgan fingerprint density at radius 2 is 1.56 bits per heavy atom. The Balaban J connectivity index is 2.21. The molecule has 0 aliphatic carbocycles. The molecule has 0 aliphatic heterocycles. The fourth-order valence-corrected chi connectivity index (χ4v) is 1.43. The highest BCUT2D eigenvalue weighted by atomic mass is 16.3. The molecule has 0 amide bonds. The van der Waals surface area contributed by atoms with Crippen molar-refractivity contribution in [3.63, 3.8) is 0 Å². The molecule has 0 aromatic heterocycles. The summed E-state index contributed by atoms with van der Waals surface area (Å²) in [5.74, 6) is 0.274. The van der Waals surface area contributed by atoms with Crippen molar-refractivity contribution in [3.8, 4) is 5.75 Å². The molecule has 0 fully saturated rings. The molecule has 0 heterocycles. The van der Waals surface area contributed by atoms with E-state index in [1.54, 1.807) is 12.1 Å². The fourth-order valence-electron chi connectivity index (χ4n) is 1.43. The summed E-state index contributed by atoms with van der Waals surface area (Å²) >= 11 is 0. The molecule has 0 unspecified atom stereocenters. The molecule has 16 heavy (non-hydrogen) atoms. The molecule has 80 valence electrons. The second-order valence-corrected chi connectivity index (χ2v) is 3.55. The van der Waals surface area contributed by atoms with Gasteiger partial charge in [-0.15, -0.1) is 0 Å². The van der Waals surface area contributed by atoms with Gasteiger partial charge in [-0.2, -0.15) is 0 Å². The number of aromatic hydroxyl groups is 1. The first kappa shape index (κ1) is 10.3. The highest BCUT2D eigenvalue weighted by Gasteiger charge is 1.92. The van der Waals surface area contributed by atoms with Gasteiger partial charge >= 0.3 is 0 Å². The largest absolute Gasteiger partial charge is 0.508 e. The lowest BCUT2D eigenvalue weighted by molar-refractivity contribution is 0.475. The number of hydrogen-bond donors (Lipinski definition) is 2. The average Bonchev–Trinajstić information content (AvgIpc) is 2.30. The SMILES string of the molecule is Nc1ccccc1/C=C/c1ccc(O)cc1. The lowest BCUT2D eigenvalue weighted by atomic mass is 10.1. The van der Waals surface area contributed by atoms with Crippen LogP contribution in [-0.4, -0.2) is 5.11 Å². The van der Waals surface area contributed by atoms with E-state index in [4.69, 9.17) is 10.8 Å². The van der Waals surface area contributed by atoms with Gasteiger partial charge < -0.3 is 10.8 Å². The number of phenols is 1. The van der Waals surface area contributed by atoms with Crippen molar-refractivity contribution in [2.24, 2.45) is 0 Å². The number of phenolic OH excluding ortho intramolecular Hbond substituents is 1. The summed E-state index contributed by atoms with van der Waals surface area (Å²) in [4.78, 5) is 0. The fraction of sp³-hybridized carbons (Fsp3) is 0. The zero-order valence-corrected chi connectivity index (χ0v) is 8.80. The van der Waals surface area contributed by atoms with Crippen LogP contribution in [0.2, 0.25) is 0 Å². The Hall–Kier alpha value is -2.22. The van der Waals surface area contributed by atoms with E-state index in [9.17, 15) is 0 Å².